The fraction of sp³-hybridized carbons (Fsp3) is 0.167. The molecular formula is C54H47N4+. The predicted molar refractivity (Wildman–Crippen MR) is 241 cm³/mol. The van der Waals surface area contributed by atoms with Crippen LogP contribution >= 0.6 is 0 Å². The summed E-state index contributed by atoms with van der Waals surface area (Å²) in [5, 5.41) is 2.34. The van der Waals surface area contributed by atoms with Gasteiger partial charge >= 0.3 is 0 Å². The minimum atomic E-state index is -0.0739. The number of fused-ring (bicyclic) bond motifs is 6. The summed E-state index contributed by atoms with van der Waals surface area (Å²) in [4.78, 5) is 10.6. The molecular weight excluding hydrogens is 705 g/mol. The molecule has 5 aromatic carbocycles. The molecule has 6 aliphatic rings. The van der Waals surface area contributed by atoms with Crippen molar-refractivity contribution in [1.82, 2.24) is 0 Å². The van der Waals surface area contributed by atoms with Crippen LogP contribution in [0, 0.1) is 11.8 Å². The van der Waals surface area contributed by atoms with Gasteiger partial charge in [0, 0.05) is 57.4 Å². The summed E-state index contributed by atoms with van der Waals surface area (Å²) in [5.41, 5.74) is 16.5. The van der Waals surface area contributed by atoms with Crippen LogP contribution in [0.25, 0.3) is 16.8 Å². The van der Waals surface area contributed by atoms with Gasteiger partial charge in [-0.3, -0.25) is 5.32 Å². The summed E-state index contributed by atoms with van der Waals surface area (Å²) in [6, 6.07) is 47.5. The molecule has 0 amide bonds. The third-order valence-electron chi connectivity index (χ3n) is 12.9. The van der Waals surface area contributed by atoms with Crippen molar-refractivity contribution in [3.63, 3.8) is 0 Å². The van der Waals surface area contributed by atoms with Crippen molar-refractivity contribution in [2.75, 3.05) is 9.80 Å². The van der Waals surface area contributed by atoms with Gasteiger partial charge in [0.1, 0.15) is 5.70 Å². The maximum absolute atomic E-state index is 5.42. The normalized spacial score (nSPS) is 25.2. The van der Waals surface area contributed by atoms with E-state index in [9.17, 15) is 0 Å². The molecule has 282 valence electrons. The van der Waals surface area contributed by atoms with Gasteiger partial charge in [0.15, 0.2) is 0 Å². The van der Waals surface area contributed by atoms with Crippen LogP contribution in [0.2, 0.25) is 0 Å². The van der Waals surface area contributed by atoms with Crippen LogP contribution in [0.15, 0.2) is 199 Å². The quantitative estimate of drug-likeness (QED) is 0.188. The van der Waals surface area contributed by atoms with Crippen LogP contribution in [0.3, 0.4) is 0 Å². The molecule has 0 spiro atoms. The van der Waals surface area contributed by atoms with Crippen LogP contribution in [0.5, 0.6) is 0 Å². The van der Waals surface area contributed by atoms with Crippen LogP contribution in [0.4, 0.5) is 22.7 Å². The second-order valence-electron chi connectivity index (χ2n) is 16.5. The van der Waals surface area contributed by atoms with Gasteiger partial charge in [-0.15, -0.1) is 0 Å². The zero-order valence-corrected chi connectivity index (χ0v) is 32.8. The second-order valence-corrected chi connectivity index (χ2v) is 16.5. The summed E-state index contributed by atoms with van der Waals surface area (Å²) in [7, 11) is 0. The molecule has 5 aromatic rings. The van der Waals surface area contributed by atoms with E-state index < -0.39 is 0 Å². The van der Waals surface area contributed by atoms with Gasteiger partial charge in [0.2, 0.25) is 6.17 Å². The zero-order valence-electron chi connectivity index (χ0n) is 32.8. The van der Waals surface area contributed by atoms with Crippen LogP contribution in [-0.4, -0.2) is 17.8 Å². The number of para-hydroxylation sites is 2. The van der Waals surface area contributed by atoms with E-state index in [1.54, 1.807) is 0 Å². The summed E-state index contributed by atoms with van der Waals surface area (Å²) in [6.45, 7) is 2.40. The van der Waals surface area contributed by atoms with Gasteiger partial charge in [-0.2, -0.15) is 0 Å². The van der Waals surface area contributed by atoms with E-state index in [-0.39, 0.29) is 24.0 Å². The first-order valence-corrected chi connectivity index (χ1v) is 20.9. The van der Waals surface area contributed by atoms with E-state index in [0.717, 1.165) is 18.6 Å². The third-order valence-corrected chi connectivity index (χ3v) is 12.9. The fourth-order valence-corrected chi connectivity index (χ4v) is 10.2. The SMILES string of the molecule is CC1CC=CC=C2c3ccccc3N(c3cccc(C4=CC5c6ccccc6N(c6cccc(C7N=C(C8C=CC=CC8)C=C(c8ccccc8)[NH2+]7)c6)C5C=C4)c3)C21. The molecule has 3 aliphatic heterocycles. The maximum Gasteiger partial charge on any atom is 0.210 e. The number of nitrogens with two attached hydrogens (primary N) is 1. The molecule has 0 aromatic heterocycles. The number of hydrogen-bond acceptors (Lipinski definition) is 3. The molecule has 6 unspecified atom stereocenters. The van der Waals surface area contributed by atoms with E-state index in [0.29, 0.717) is 12.0 Å². The summed E-state index contributed by atoms with van der Waals surface area (Å²) in [5.74, 6) is 0.999. The van der Waals surface area contributed by atoms with Crippen molar-refractivity contribution >= 4 is 45.3 Å². The summed E-state index contributed by atoms with van der Waals surface area (Å²) < 4.78 is 0. The molecule has 2 N–H and O–H groups in total. The lowest BCUT2D eigenvalue weighted by atomic mass is 9.86. The monoisotopic (exact) mass is 751 g/mol. The Bertz CT molecular complexity index is 2670. The van der Waals surface area contributed by atoms with E-state index >= 15 is 0 Å². The zero-order chi connectivity index (χ0) is 38.6. The first-order valence-electron chi connectivity index (χ1n) is 20.9. The predicted octanol–water partition coefficient (Wildman–Crippen LogP) is 11.6. The van der Waals surface area contributed by atoms with Gasteiger partial charge in [0.05, 0.1) is 17.8 Å². The molecule has 6 atom stereocenters. The van der Waals surface area contributed by atoms with Gasteiger partial charge in [-0.1, -0.05) is 147 Å². The minimum absolute atomic E-state index is 0.0739. The molecule has 4 nitrogen and oxygen atoms in total. The highest BCUT2D eigenvalue weighted by Gasteiger charge is 2.40. The Morgan fingerprint density at radius 1 is 0.672 bits per heavy atom. The average molecular weight is 752 g/mol. The Balaban J connectivity index is 0.920. The molecule has 0 saturated heterocycles. The standard InChI is InChI=1S/C54H46N4/c1-36-16-8-9-27-46-44-25-10-13-29-51(44)58(53(36)46)43-24-14-21-39(32-43)40-30-31-52-47(34-40)45-26-11-12-28-50(45)57(52)42-23-15-22-41(33-42)54-55-48(37-17-4-2-5-18-37)35-49(56-54)38-19-6-3-7-20-38/h2-15,17-19,21-36,38,47,52-55H,16,20H2,1H3/p+1. The number of benzene rings is 5. The lowest BCUT2D eigenvalue weighted by Crippen LogP contribution is -2.83. The van der Waals surface area contributed by atoms with Crippen molar-refractivity contribution in [1.29, 1.82) is 0 Å². The second kappa shape index (κ2) is 14.5. The summed E-state index contributed by atoms with van der Waals surface area (Å²) in [6.07, 6.45) is 27.3. The lowest BCUT2D eigenvalue weighted by Gasteiger charge is -2.32. The van der Waals surface area contributed by atoms with Crippen molar-refractivity contribution in [3.8, 4) is 0 Å². The lowest BCUT2D eigenvalue weighted by molar-refractivity contribution is -0.609. The first kappa shape index (κ1) is 34.7. The Hall–Kier alpha value is -6.49. The Morgan fingerprint density at radius 3 is 2.33 bits per heavy atom. The number of nitrogens with zero attached hydrogens (tertiary/aromatic N) is 3. The molecule has 58 heavy (non-hydrogen) atoms. The molecule has 11 rings (SSSR count). The number of rotatable bonds is 6. The van der Waals surface area contributed by atoms with Crippen molar-refractivity contribution in [2.24, 2.45) is 16.8 Å². The molecule has 3 aliphatic carbocycles. The van der Waals surface area contributed by atoms with Crippen molar-refractivity contribution < 1.29 is 5.32 Å². The smallest absolute Gasteiger partial charge is 0.210 e. The Kier molecular flexibility index (Phi) is 8.66. The van der Waals surface area contributed by atoms with Crippen LogP contribution in [-0.2, 0) is 0 Å². The largest absolute Gasteiger partial charge is 0.333 e. The fourth-order valence-electron chi connectivity index (χ4n) is 10.2. The van der Waals surface area contributed by atoms with E-state index in [1.807, 2.05) is 0 Å². The highest BCUT2D eigenvalue weighted by molar-refractivity contribution is 6.03. The third kappa shape index (κ3) is 5.99. The maximum atomic E-state index is 5.42. The molecule has 0 radical (unpaired) electrons. The molecule has 0 fully saturated rings. The number of allylic oxidation sites excluding steroid dienone is 10. The highest BCUT2D eigenvalue weighted by atomic mass is 15.2. The number of aliphatic imine (C=N–C) groups is 1. The number of anilines is 4. The number of quaternary nitrogens is 1. The van der Waals surface area contributed by atoms with Gasteiger partial charge in [0.25, 0.3) is 0 Å². The average Bonchev–Trinajstić information content (AvgIpc) is 3.73. The molecule has 4 heteroatoms. The molecule has 3 heterocycles. The van der Waals surface area contributed by atoms with Crippen molar-refractivity contribution in [2.45, 2.75) is 43.9 Å². The Morgan fingerprint density at radius 2 is 1.45 bits per heavy atom. The van der Waals surface area contributed by atoms with Crippen LogP contribution < -0.4 is 15.1 Å². The Labute approximate surface area is 342 Å². The van der Waals surface area contributed by atoms with Gasteiger partial charge in [-0.05, 0) is 89.6 Å². The van der Waals surface area contributed by atoms with E-state index in [4.69, 9.17) is 4.99 Å². The van der Waals surface area contributed by atoms with Crippen molar-refractivity contribution in [3.05, 3.63) is 222 Å². The first-order chi connectivity index (χ1) is 28.7. The molecule has 0 saturated carbocycles. The summed E-state index contributed by atoms with van der Waals surface area (Å²) >= 11 is 0. The van der Waals surface area contributed by atoms with E-state index in [1.165, 1.54) is 67.4 Å². The van der Waals surface area contributed by atoms with E-state index in [2.05, 4.69) is 216 Å². The number of hydrogen-bond donors (Lipinski definition) is 1. The highest BCUT2D eigenvalue weighted by Crippen LogP contribution is 2.51. The minimum Gasteiger partial charge on any atom is -0.333 e. The van der Waals surface area contributed by atoms with Gasteiger partial charge in [-0.25, -0.2) is 4.99 Å². The van der Waals surface area contributed by atoms with Gasteiger partial charge < -0.3 is 9.80 Å². The molecule has 0 bridgehead atoms. The topological polar surface area (TPSA) is 35.5 Å². The van der Waals surface area contributed by atoms with Crippen LogP contribution in [0.1, 0.15) is 59.7 Å².